The van der Waals surface area contributed by atoms with Crippen LogP contribution in [0.3, 0.4) is 0 Å². The molecule has 1 heterocycles. The SMILES string of the molecule is COc1ccc(F)c(-c2ccc(C3CNc4ccc([C@H](O)CC(=O)O)cc4O3)cc2)c1. The van der Waals surface area contributed by atoms with E-state index < -0.39 is 12.1 Å². The van der Waals surface area contributed by atoms with Crippen LogP contribution >= 0.6 is 0 Å². The lowest BCUT2D eigenvalue weighted by Gasteiger charge is -2.28. The number of hydrogen-bond acceptors (Lipinski definition) is 5. The second kappa shape index (κ2) is 8.65. The van der Waals surface area contributed by atoms with Gasteiger partial charge in [0.05, 0.1) is 31.9 Å². The minimum atomic E-state index is -1.11. The van der Waals surface area contributed by atoms with Gasteiger partial charge in [-0.2, -0.15) is 0 Å². The van der Waals surface area contributed by atoms with Gasteiger partial charge in [-0.05, 0) is 47.0 Å². The molecular weight excluding hydrogens is 401 g/mol. The predicted molar refractivity (Wildman–Crippen MR) is 114 cm³/mol. The molecule has 3 aromatic rings. The highest BCUT2D eigenvalue weighted by Crippen LogP contribution is 2.37. The number of carboxylic acids is 1. The zero-order valence-corrected chi connectivity index (χ0v) is 16.8. The summed E-state index contributed by atoms with van der Waals surface area (Å²) >= 11 is 0. The highest BCUT2D eigenvalue weighted by molar-refractivity contribution is 5.68. The minimum Gasteiger partial charge on any atom is -0.497 e. The summed E-state index contributed by atoms with van der Waals surface area (Å²) in [6, 6.07) is 17.1. The van der Waals surface area contributed by atoms with Gasteiger partial charge in [-0.3, -0.25) is 4.79 Å². The Morgan fingerprint density at radius 2 is 1.97 bits per heavy atom. The van der Waals surface area contributed by atoms with Crippen molar-refractivity contribution in [3.8, 4) is 22.6 Å². The summed E-state index contributed by atoms with van der Waals surface area (Å²) in [6.07, 6.45) is -1.77. The molecule has 2 atom stereocenters. The average Bonchev–Trinajstić information content (AvgIpc) is 2.78. The maximum absolute atomic E-state index is 14.2. The Kier molecular flexibility index (Phi) is 5.77. The van der Waals surface area contributed by atoms with Crippen LogP contribution in [-0.4, -0.2) is 29.8 Å². The molecule has 31 heavy (non-hydrogen) atoms. The number of aliphatic hydroxyl groups excluding tert-OH is 1. The summed E-state index contributed by atoms with van der Waals surface area (Å²) in [6.45, 7) is 0.539. The van der Waals surface area contributed by atoms with Crippen LogP contribution in [0.4, 0.5) is 10.1 Å². The fraction of sp³-hybridized carbons (Fsp3) is 0.208. The fourth-order valence-electron chi connectivity index (χ4n) is 3.59. The number of methoxy groups -OCH3 is 1. The number of benzene rings is 3. The predicted octanol–water partition coefficient (Wildman–Crippen LogP) is 4.56. The third-order valence-electron chi connectivity index (χ3n) is 5.27. The first-order chi connectivity index (χ1) is 14.9. The van der Waals surface area contributed by atoms with Gasteiger partial charge in [-0.15, -0.1) is 0 Å². The van der Waals surface area contributed by atoms with E-state index in [0.29, 0.717) is 29.2 Å². The molecule has 0 saturated carbocycles. The third kappa shape index (κ3) is 4.46. The summed E-state index contributed by atoms with van der Waals surface area (Å²) < 4.78 is 25.5. The number of fused-ring (bicyclic) bond motifs is 1. The molecule has 0 aromatic heterocycles. The van der Waals surface area contributed by atoms with Gasteiger partial charge in [-0.25, -0.2) is 4.39 Å². The summed E-state index contributed by atoms with van der Waals surface area (Å²) in [4.78, 5) is 10.9. The van der Waals surface area contributed by atoms with Crippen LogP contribution in [0, 0.1) is 5.82 Å². The van der Waals surface area contributed by atoms with Crippen molar-refractivity contribution in [2.45, 2.75) is 18.6 Å². The monoisotopic (exact) mass is 423 g/mol. The Morgan fingerprint density at radius 1 is 1.19 bits per heavy atom. The van der Waals surface area contributed by atoms with Gasteiger partial charge in [0.15, 0.2) is 0 Å². The zero-order valence-electron chi connectivity index (χ0n) is 16.8. The number of hydrogen-bond donors (Lipinski definition) is 3. The van der Waals surface area contributed by atoms with Crippen molar-refractivity contribution in [2.75, 3.05) is 19.0 Å². The van der Waals surface area contributed by atoms with Crippen LogP contribution in [0.15, 0.2) is 60.7 Å². The van der Waals surface area contributed by atoms with Crippen LogP contribution in [-0.2, 0) is 4.79 Å². The van der Waals surface area contributed by atoms with E-state index >= 15 is 0 Å². The highest BCUT2D eigenvalue weighted by Gasteiger charge is 2.23. The maximum atomic E-state index is 14.2. The molecule has 0 radical (unpaired) electrons. The topological polar surface area (TPSA) is 88.0 Å². The van der Waals surface area contributed by atoms with E-state index in [1.165, 1.54) is 13.2 Å². The first-order valence-electron chi connectivity index (χ1n) is 9.83. The Balaban J connectivity index is 1.54. The molecule has 1 unspecified atom stereocenters. The molecule has 0 fully saturated rings. The summed E-state index contributed by atoms with van der Waals surface area (Å²) in [7, 11) is 1.54. The van der Waals surface area contributed by atoms with Crippen LogP contribution in [0.5, 0.6) is 11.5 Å². The van der Waals surface area contributed by atoms with Crippen molar-refractivity contribution in [3.63, 3.8) is 0 Å². The van der Waals surface area contributed by atoms with Gasteiger partial charge in [0.25, 0.3) is 0 Å². The lowest BCUT2D eigenvalue weighted by atomic mass is 10.00. The molecule has 0 amide bonds. The largest absolute Gasteiger partial charge is 0.497 e. The van der Waals surface area contributed by atoms with E-state index in [2.05, 4.69) is 5.32 Å². The minimum absolute atomic E-state index is 0.288. The normalized spacial score (nSPS) is 15.9. The van der Waals surface area contributed by atoms with Crippen LogP contribution in [0.25, 0.3) is 11.1 Å². The van der Waals surface area contributed by atoms with Crippen LogP contribution in [0.1, 0.15) is 29.8 Å². The van der Waals surface area contributed by atoms with E-state index in [-0.39, 0.29) is 18.3 Å². The molecule has 0 saturated heterocycles. The number of aliphatic hydroxyl groups is 1. The molecule has 0 spiro atoms. The van der Waals surface area contributed by atoms with Crippen molar-refractivity contribution in [2.24, 2.45) is 0 Å². The Bertz CT molecular complexity index is 1100. The Hall–Kier alpha value is -3.58. The summed E-state index contributed by atoms with van der Waals surface area (Å²) in [5.74, 6) is -0.279. The van der Waals surface area contributed by atoms with Gasteiger partial charge >= 0.3 is 5.97 Å². The van der Waals surface area contributed by atoms with Crippen molar-refractivity contribution < 1.29 is 28.9 Å². The van der Waals surface area contributed by atoms with Crippen molar-refractivity contribution >= 4 is 11.7 Å². The van der Waals surface area contributed by atoms with Crippen LogP contribution in [0.2, 0.25) is 0 Å². The van der Waals surface area contributed by atoms with Crippen molar-refractivity contribution in [1.29, 1.82) is 0 Å². The average molecular weight is 423 g/mol. The first-order valence-corrected chi connectivity index (χ1v) is 9.83. The molecule has 0 bridgehead atoms. The highest BCUT2D eigenvalue weighted by atomic mass is 19.1. The lowest BCUT2D eigenvalue weighted by Crippen LogP contribution is -2.23. The summed E-state index contributed by atoms with van der Waals surface area (Å²) in [5, 5.41) is 22.3. The molecular formula is C24H22FNO5. The molecule has 7 heteroatoms. The molecule has 0 aliphatic carbocycles. The number of nitrogens with one attached hydrogen (secondary N) is 1. The molecule has 1 aliphatic heterocycles. The maximum Gasteiger partial charge on any atom is 0.306 e. The quantitative estimate of drug-likeness (QED) is 0.539. The van der Waals surface area contributed by atoms with E-state index in [9.17, 15) is 14.3 Å². The van der Waals surface area contributed by atoms with Gasteiger partial charge in [0.1, 0.15) is 23.4 Å². The van der Waals surface area contributed by atoms with Gasteiger partial charge < -0.3 is 25.0 Å². The number of aliphatic carboxylic acids is 1. The zero-order chi connectivity index (χ0) is 22.0. The number of carboxylic acid groups (broad SMARTS) is 1. The number of carbonyl (C=O) groups is 1. The molecule has 160 valence electrons. The number of rotatable bonds is 6. The Morgan fingerprint density at radius 3 is 2.68 bits per heavy atom. The van der Waals surface area contributed by atoms with Gasteiger partial charge in [0, 0.05) is 5.56 Å². The van der Waals surface area contributed by atoms with E-state index in [4.69, 9.17) is 14.6 Å². The molecule has 1 aliphatic rings. The number of halogens is 1. The first kappa shape index (κ1) is 20.7. The van der Waals surface area contributed by atoms with E-state index in [1.54, 1.807) is 30.3 Å². The van der Waals surface area contributed by atoms with Crippen LogP contribution < -0.4 is 14.8 Å². The fourth-order valence-corrected chi connectivity index (χ4v) is 3.59. The lowest BCUT2D eigenvalue weighted by molar-refractivity contribution is -0.139. The van der Waals surface area contributed by atoms with Crippen molar-refractivity contribution in [3.05, 3.63) is 77.6 Å². The standard InChI is InChI=1S/C24H22FNO5/c1-30-17-7-8-19(25)18(11-17)14-2-4-15(5-3-14)23-13-26-20-9-6-16(10-22(20)31-23)21(27)12-24(28)29/h2-11,21,23,26-27H,12-13H2,1H3,(H,28,29)/t21-,23?/m1/s1. The molecule has 3 aromatic carbocycles. The van der Waals surface area contributed by atoms with E-state index in [1.807, 2.05) is 24.3 Å². The van der Waals surface area contributed by atoms with Gasteiger partial charge in [0.2, 0.25) is 0 Å². The third-order valence-corrected chi connectivity index (χ3v) is 5.27. The van der Waals surface area contributed by atoms with E-state index in [0.717, 1.165) is 16.8 Å². The summed E-state index contributed by atoms with van der Waals surface area (Å²) in [5.41, 5.74) is 3.34. The second-order valence-corrected chi connectivity index (χ2v) is 7.32. The number of ether oxygens (including phenoxy) is 2. The number of anilines is 1. The Labute approximate surface area is 178 Å². The van der Waals surface area contributed by atoms with Gasteiger partial charge in [-0.1, -0.05) is 30.3 Å². The second-order valence-electron chi connectivity index (χ2n) is 7.32. The van der Waals surface area contributed by atoms with Crippen molar-refractivity contribution in [1.82, 2.24) is 0 Å². The smallest absolute Gasteiger partial charge is 0.306 e. The molecule has 6 nitrogen and oxygen atoms in total. The molecule has 3 N–H and O–H groups in total. The molecule has 4 rings (SSSR count).